The Bertz CT molecular complexity index is 806. The molecule has 0 bridgehead atoms. The summed E-state index contributed by atoms with van der Waals surface area (Å²) in [7, 11) is 2.05. The smallest absolute Gasteiger partial charge is 0.257 e. The van der Waals surface area contributed by atoms with Gasteiger partial charge in [0.25, 0.3) is 5.89 Å². The van der Waals surface area contributed by atoms with Crippen molar-refractivity contribution >= 4 is 0 Å². The molecule has 0 N–H and O–H groups in total. The van der Waals surface area contributed by atoms with Crippen molar-refractivity contribution in [1.29, 1.82) is 0 Å². The van der Waals surface area contributed by atoms with Crippen LogP contribution in [0, 0.1) is 0 Å². The summed E-state index contributed by atoms with van der Waals surface area (Å²) < 4.78 is 13.1. The van der Waals surface area contributed by atoms with Crippen LogP contribution < -0.4 is 0 Å². The molecule has 0 unspecified atom stereocenters. The van der Waals surface area contributed by atoms with Gasteiger partial charge in [0.2, 0.25) is 5.82 Å². The predicted molar refractivity (Wildman–Crippen MR) is 85.4 cm³/mol. The summed E-state index contributed by atoms with van der Waals surface area (Å²) >= 11 is 0. The topological polar surface area (TPSA) is 82.1 Å². The van der Waals surface area contributed by atoms with E-state index in [1.54, 1.807) is 17.1 Å². The van der Waals surface area contributed by atoms with Gasteiger partial charge in [-0.05, 0) is 32.2 Å². The van der Waals surface area contributed by atoms with E-state index in [0.29, 0.717) is 17.4 Å². The molecule has 24 heavy (non-hydrogen) atoms. The molecule has 4 heterocycles. The Morgan fingerprint density at radius 3 is 2.92 bits per heavy atom. The van der Waals surface area contributed by atoms with E-state index in [1.807, 2.05) is 31.3 Å². The van der Waals surface area contributed by atoms with Crippen LogP contribution in [-0.4, -0.2) is 56.0 Å². The molecule has 0 amide bonds. The molecular formula is C16H18N6O2. The Morgan fingerprint density at radius 1 is 1.21 bits per heavy atom. The largest absolute Gasteiger partial charge is 0.363 e. The molecule has 1 aliphatic heterocycles. The minimum Gasteiger partial charge on any atom is -0.363 e. The molecule has 4 rings (SSSR count). The fourth-order valence-corrected chi connectivity index (χ4v) is 2.93. The summed E-state index contributed by atoms with van der Waals surface area (Å²) in [6, 6.07) is 5.62. The average molecular weight is 326 g/mol. The Balaban J connectivity index is 1.66. The molecule has 1 aliphatic rings. The van der Waals surface area contributed by atoms with Crippen molar-refractivity contribution in [2.75, 3.05) is 20.1 Å². The summed E-state index contributed by atoms with van der Waals surface area (Å²) in [5, 5.41) is 8.34. The zero-order valence-electron chi connectivity index (χ0n) is 13.5. The molecule has 8 heteroatoms. The van der Waals surface area contributed by atoms with Crippen LogP contribution in [0.15, 0.2) is 41.3 Å². The normalized spacial score (nSPS) is 21.9. The van der Waals surface area contributed by atoms with Gasteiger partial charge in [-0.3, -0.25) is 4.98 Å². The minimum atomic E-state index is -0.225. The first kappa shape index (κ1) is 15.0. The molecule has 0 spiro atoms. The second kappa shape index (κ2) is 6.14. The van der Waals surface area contributed by atoms with Crippen LogP contribution >= 0.6 is 0 Å². The maximum atomic E-state index is 5.92. The third-order valence-electron chi connectivity index (χ3n) is 3.91. The monoisotopic (exact) mass is 326 g/mol. The fraction of sp³-hybridized carbons (Fsp3) is 0.375. The van der Waals surface area contributed by atoms with Crippen LogP contribution in [0.4, 0.5) is 0 Å². The van der Waals surface area contributed by atoms with E-state index in [2.05, 4.69) is 32.2 Å². The van der Waals surface area contributed by atoms with E-state index < -0.39 is 0 Å². The first-order valence-corrected chi connectivity index (χ1v) is 7.83. The lowest BCUT2D eigenvalue weighted by atomic mass is 10.2. The molecule has 1 fully saturated rings. The second-order valence-corrected chi connectivity index (χ2v) is 5.93. The number of hydrogen-bond acceptors (Lipinski definition) is 7. The van der Waals surface area contributed by atoms with E-state index in [4.69, 9.17) is 9.26 Å². The minimum absolute atomic E-state index is 0.124. The van der Waals surface area contributed by atoms with Crippen molar-refractivity contribution in [3.8, 4) is 17.2 Å². The Hall–Kier alpha value is -2.58. The van der Waals surface area contributed by atoms with Crippen molar-refractivity contribution in [3.63, 3.8) is 0 Å². The van der Waals surface area contributed by atoms with Gasteiger partial charge in [-0.1, -0.05) is 5.16 Å². The molecule has 0 aromatic carbocycles. The number of morpholine rings is 1. The SMILES string of the molecule is C[C@@H]1CN(C)C[C@H](c2nc(-c3ncccc3-n3cccn3)no2)O1. The summed E-state index contributed by atoms with van der Waals surface area (Å²) in [4.78, 5) is 11.1. The van der Waals surface area contributed by atoms with Crippen LogP contribution in [-0.2, 0) is 4.74 Å². The summed E-state index contributed by atoms with van der Waals surface area (Å²) in [5.74, 6) is 0.904. The highest BCUT2D eigenvalue weighted by Crippen LogP contribution is 2.26. The number of likely N-dealkylation sites (N-methyl/N-ethyl adjacent to an activating group) is 1. The number of nitrogens with zero attached hydrogens (tertiary/aromatic N) is 6. The lowest BCUT2D eigenvalue weighted by Crippen LogP contribution is -2.40. The van der Waals surface area contributed by atoms with Crippen LogP contribution in [0.1, 0.15) is 18.9 Å². The van der Waals surface area contributed by atoms with Crippen molar-refractivity contribution in [1.82, 2.24) is 29.8 Å². The second-order valence-electron chi connectivity index (χ2n) is 5.93. The molecule has 8 nitrogen and oxygen atoms in total. The highest BCUT2D eigenvalue weighted by Gasteiger charge is 2.29. The van der Waals surface area contributed by atoms with E-state index in [9.17, 15) is 0 Å². The van der Waals surface area contributed by atoms with Gasteiger partial charge in [0.05, 0.1) is 11.8 Å². The number of rotatable bonds is 3. The zero-order chi connectivity index (χ0) is 16.5. The molecule has 3 aromatic rings. The van der Waals surface area contributed by atoms with Gasteiger partial charge in [0, 0.05) is 31.7 Å². The van der Waals surface area contributed by atoms with Gasteiger partial charge in [-0.2, -0.15) is 10.1 Å². The van der Waals surface area contributed by atoms with Crippen LogP contribution in [0.3, 0.4) is 0 Å². The molecule has 0 radical (unpaired) electrons. The molecule has 0 aliphatic carbocycles. The van der Waals surface area contributed by atoms with Crippen molar-refractivity contribution in [2.24, 2.45) is 0 Å². The lowest BCUT2D eigenvalue weighted by molar-refractivity contribution is -0.0838. The number of ether oxygens (including phenoxy) is 1. The third kappa shape index (κ3) is 2.81. The highest BCUT2D eigenvalue weighted by atomic mass is 16.5. The van der Waals surface area contributed by atoms with Gasteiger partial charge in [0.1, 0.15) is 11.8 Å². The van der Waals surface area contributed by atoms with E-state index in [-0.39, 0.29) is 12.2 Å². The number of aromatic nitrogens is 5. The van der Waals surface area contributed by atoms with Gasteiger partial charge in [0.15, 0.2) is 0 Å². The fourth-order valence-electron chi connectivity index (χ4n) is 2.93. The van der Waals surface area contributed by atoms with E-state index in [1.165, 1.54) is 0 Å². The van der Waals surface area contributed by atoms with E-state index in [0.717, 1.165) is 18.8 Å². The van der Waals surface area contributed by atoms with Gasteiger partial charge in [-0.15, -0.1) is 0 Å². The summed E-state index contributed by atoms with van der Waals surface area (Å²) in [6.07, 6.45) is 5.16. The predicted octanol–water partition coefficient (Wildman–Crippen LogP) is 1.71. The van der Waals surface area contributed by atoms with Gasteiger partial charge in [-0.25, -0.2) is 4.68 Å². The van der Waals surface area contributed by atoms with E-state index >= 15 is 0 Å². The first-order chi connectivity index (χ1) is 11.7. The van der Waals surface area contributed by atoms with Crippen LogP contribution in [0.2, 0.25) is 0 Å². The average Bonchev–Trinajstić information content (AvgIpc) is 3.26. The van der Waals surface area contributed by atoms with Crippen molar-refractivity contribution in [2.45, 2.75) is 19.1 Å². The molecule has 0 saturated carbocycles. The van der Waals surface area contributed by atoms with Crippen molar-refractivity contribution < 1.29 is 9.26 Å². The molecular weight excluding hydrogens is 308 g/mol. The zero-order valence-corrected chi connectivity index (χ0v) is 13.5. The molecule has 124 valence electrons. The number of hydrogen-bond donors (Lipinski definition) is 0. The molecule has 3 aromatic heterocycles. The third-order valence-corrected chi connectivity index (χ3v) is 3.91. The lowest BCUT2D eigenvalue weighted by Gasteiger charge is -2.32. The van der Waals surface area contributed by atoms with Crippen LogP contribution in [0.25, 0.3) is 17.2 Å². The molecule has 2 atom stereocenters. The quantitative estimate of drug-likeness (QED) is 0.724. The van der Waals surface area contributed by atoms with Gasteiger partial charge < -0.3 is 14.2 Å². The summed E-state index contributed by atoms with van der Waals surface area (Å²) in [5.41, 5.74) is 1.42. The summed E-state index contributed by atoms with van der Waals surface area (Å²) in [6.45, 7) is 3.65. The van der Waals surface area contributed by atoms with Crippen molar-refractivity contribution in [3.05, 3.63) is 42.7 Å². The first-order valence-electron chi connectivity index (χ1n) is 7.83. The molecule has 1 saturated heterocycles. The number of pyridine rings is 1. The Morgan fingerprint density at radius 2 is 2.12 bits per heavy atom. The highest BCUT2D eigenvalue weighted by molar-refractivity contribution is 5.61. The van der Waals surface area contributed by atoms with Crippen LogP contribution in [0.5, 0.6) is 0 Å². The van der Waals surface area contributed by atoms with Gasteiger partial charge >= 0.3 is 0 Å². The standard InChI is InChI=1S/C16H18N6O2/c1-11-9-21(2)10-13(23-11)16-19-15(20-24-16)14-12(5-3-6-17-14)22-8-4-7-18-22/h3-8,11,13H,9-10H2,1-2H3/t11-,13-/m1/s1. The maximum absolute atomic E-state index is 5.92. The maximum Gasteiger partial charge on any atom is 0.257 e. The Kier molecular flexibility index (Phi) is 3.83. The Labute approximate surface area is 139 Å².